The van der Waals surface area contributed by atoms with Crippen LogP contribution in [-0.4, -0.2) is 17.2 Å². The molecule has 0 spiro atoms. The molecule has 2 heterocycles. The van der Waals surface area contributed by atoms with Crippen molar-refractivity contribution in [2.45, 2.75) is 50.7 Å². The van der Waals surface area contributed by atoms with Crippen molar-refractivity contribution in [3.8, 4) is 11.5 Å². The zero-order chi connectivity index (χ0) is 22.2. The molecule has 2 aromatic carbocycles. The summed E-state index contributed by atoms with van der Waals surface area (Å²) in [6.07, 6.45) is -2.67. The molecule has 1 aromatic heterocycles. The Labute approximate surface area is 179 Å². The highest BCUT2D eigenvalue weighted by Crippen LogP contribution is 2.52. The Morgan fingerprint density at radius 2 is 1.81 bits per heavy atom. The van der Waals surface area contributed by atoms with Gasteiger partial charge in [0.05, 0.1) is 11.1 Å². The molecular weight excluding hydrogens is 409 g/mol. The molecule has 1 aliphatic heterocycles. The topological polar surface area (TPSA) is 63.4 Å². The summed E-state index contributed by atoms with van der Waals surface area (Å²) in [5.41, 5.74) is 1.18. The van der Waals surface area contributed by atoms with Gasteiger partial charge in [-0.15, -0.1) is 8.78 Å². The molecule has 166 valence electrons. The lowest BCUT2D eigenvalue weighted by Crippen LogP contribution is -2.28. The van der Waals surface area contributed by atoms with Crippen molar-refractivity contribution < 1.29 is 30.3 Å². The van der Waals surface area contributed by atoms with Crippen LogP contribution in [0.25, 0.3) is 10.9 Å². The van der Waals surface area contributed by atoms with Crippen molar-refractivity contribution in [1.29, 1.82) is 0 Å². The molecule has 1 amide bonds. The van der Waals surface area contributed by atoms with Gasteiger partial charge in [-0.1, -0.05) is 26.8 Å². The van der Waals surface area contributed by atoms with Crippen LogP contribution in [0.2, 0.25) is 0 Å². The number of aromatic nitrogens is 1. The minimum absolute atomic E-state index is 0. The zero-order valence-corrected chi connectivity index (χ0v) is 17.2. The second-order valence-electron chi connectivity index (χ2n) is 9.22. The largest absolute Gasteiger partial charge is 0.586 e. The Bertz CT molecular complexity index is 1230. The molecule has 3 aromatic rings. The van der Waals surface area contributed by atoms with Gasteiger partial charge >= 0.3 is 6.29 Å². The SMILES string of the molecule is CC(C)(C)c1cc2cc(NC(=O)C3(c4ccc5c(c4)OC(F)(F)O5)CC3)c(F)cc2[nH]1.[HH].[HH]. The lowest BCUT2D eigenvalue weighted by Gasteiger charge is -2.16. The molecule has 0 bridgehead atoms. The van der Waals surface area contributed by atoms with E-state index in [2.05, 4.69) is 40.5 Å². The lowest BCUT2D eigenvalue weighted by atomic mass is 9.92. The molecule has 2 N–H and O–H groups in total. The number of hydrogen-bond donors (Lipinski definition) is 2. The fourth-order valence-electron chi connectivity index (χ4n) is 3.91. The van der Waals surface area contributed by atoms with Crippen LogP contribution in [0.5, 0.6) is 11.5 Å². The number of carbonyl (C=O) groups excluding carboxylic acids is 1. The van der Waals surface area contributed by atoms with Gasteiger partial charge < -0.3 is 19.8 Å². The minimum atomic E-state index is -3.72. The summed E-state index contributed by atoms with van der Waals surface area (Å²) in [4.78, 5) is 16.3. The smallest absolute Gasteiger partial charge is 0.395 e. The molecular formula is C23H25F3N2O3. The molecule has 0 radical (unpaired) electrons. The van der Waals surface area contributed by atoms with E-state index in [4.69, 9.17) is 0 Å². The summed E-state index contributed by atoms with van der Waals surface area (Å²) in [5, 5.41) is 3.48. The predicted molar refractivity (Wildman–Crippen MR) is 113 cm³/mol. The summed E-state index contributed by atoms with van der Waals surface area (Å²) in [5.74, 6) is -1.13. The van der Waals surface area contributed by atoms with Gasteiger partial charge in [-0.2, -0.15) is 0 Å². The van der Waals surface area contributed by atoms with E-state index < -0.39 is 17.5 Å². The number of carbonyl (C=O) groups is 1. The summed E-state index contributed by atoms with van der Waals surface area (Å²) >= 11 is 0. The van der Waals surface area contributed by atoms with E-state index >= 15 is 0 Å². The highest BCUT2D eigenvalue weighted by Gasteiger charge is 2.53. The number of ether oxygens (including phenoxy) is 2. The number of aromatic amines is 1. The van der Waals surface area contributed by atoms with Gasteiger partial charge in [-0.25, -0.2) is 4.39 Å². The van der Waals surface area contributed by atoms with E-state index in [1.165, 1.54) is 18.2 Å². The third-order valence-corrected chi connectivity index (χ3v) is 5.90. The summed E-state index contributed by atoms with van der Waals surface area (Å²) in [6, 6.07) is 9.23. The van der Waals surface area contributed by atoms with Crippen LogP contribution < -0.4 is 14.8 Å². The Hall–Kier alpha value is -3.16. The van der Waals surface area contributed by atoms with Crippen molar-refractivity contribution >= 4 is 22.5 Å². The van der Waals surface area contributed by atoms with Crippen LogP contribution >= 0.6 is 0 Å². The number of fused-ring (bicyclic) bond motifs is 2. The second kappa shape index (κ2) is 6.18. The van der Waals surface area contributed by atoms with Crippen LogP contribution in [0.15, 0.2) is 36.4 Å². The molecule has 5 rings (SSSR count). The molecule has 8 heteroatoms. The first-order valence-corrected chi connectivity index (χ1v) is 10.0. The van der Waals surface area contributed by atoms with Gasteiger partial charge in [-0.05, 0) is 42.7 Å². The summed E-state index contributed by atoms with van der Waals surface area (Å²) < 4.78 is 50.2. The van der Waals surface area contributed by atoms with Gasteiger partial charge in [0.15, 0.2) is 11.5 Å². The zero-order valence-electron chi connectivity index (χ0n) is 17.2. The highest BCUT2D eigenvalue weighted by atomic mass is 19.3. The summed E-state index contributed by atoms with van der Waals surface area (Å²) in [7, 11) is 0. The molecule has 0 unspecified atom stereocenters. The molecule has 31 heavy (non-hydrogen) atoms. The van der Waals surface area contributed by atoms with Gasteiger partial charge in [0, 0.05) is 30.9 Å². The average Bonchev–Trinajstić information content (AvgIpc) is 3.27. The monoisotopic (exact) mass is 434 g/mol. The third-order valence-electron chi connectivity index (χ3n) is 5.90. The van der Waals surface area contributed by atoms with Crippen molar-refractivity contribution in [2.24, 2.45) is 0 Å². The van der Waals surface area contributed by atoms with E-state index in [-0.39, 0.29) is 31.4 Å². The maximum absolute atomic E-state index is 14.7. The van der Waals surface area contributed by atoms with Crippen LogP contribution in [0.1, 0.15) is 47.7 Å². The van der Waals surface area contributed by atoms with Crippen LogP contribution in [0.4, 0.5) is 18.9 Å². The van der Waals surface area contributed by atoms with Crippen molar-refractivity contribution in [3.63, 3.8) is 0 Å². The lowest BCUT2D eigenvalue weighted by molar-refractivity contribution is -0.286. The van der Waals surface area contributed by atoms with Crippen molar-refractivity contribution in [1.82, 2.24) is 4.98 Å². The van der Waals surface area contributed by atoms with Crippen molar-refractivity contribution in [3.05, 3.63) is 53.5 Å². The number of alkyl halides is 2. The fourth-order valence-corrected chi connectivity index (χ4v) is 3.91. The Balaban J connectivity index is 0.00000153. The molecule has 0 atom stereocenters. The molecule has 1 fully saturated rings. The second-order valence-corrected chi connectivity index (χ2v) is 9.22. The third kappa shape index (κ3) is 3.30. The highest BCUT2D eigenvalue weighted by molar-refractivity contribution is 6.02. The van der Waals surface area contributed by atoms with E-state index in [1.807, 2.05) is 6.07 Å². The Kier molecular flexibility index (Phi) is 3.95. The molecule has 1 saturated carbocycles. The van der Waals surface area contributed by atoms with E-state index in [0.717, 1.165) is 11.1 Å². The fraction of sp³-hybridized carbons (Fsp3) is 0.348. The molecule has 5 nitrogen and oxygen atoms in total. The first-order valence-electron chi connectivity index (χ1n) is 10.0. The van der Waals surface area contributed by atoms with Crippen LogP contribution in [0.3, 0.4) is 0 Å². The van der Waals surface area contributed by atoms with Crippen LogP contribution in [-0.2, 0) is 15.6 Å². The maximum Gasteiger partial charge on any atom is 0.586 e. The number of halogens is 3. The van der Waals surface area contributed by atoms with Crippen molar-refractivity contribution in [2.75, 3.05) is 5.32 Å². The van der Waals surface area contributed by atoms with E-state index in [1.54, 1.807) is 12.1 Å². The van der Waals surface area contributed by atoms with E-state index in [9.17, 15) is 18.0 Å². The number of anilines is 1. The number of H-pyrrole nitrogens is 1. The number of amides is 1. The molecule has 1 aliphatic carbocycles. The summed E-state index contributed by atoms with van der Waals surface area (Å²) in [6.45, 7) is 6.15. The molecule has 2 aliphatic rings. The van der Waals surface area contributed by atoms with Gasteiger partial charge in [0.1, 0.15) is 5.82 Å². The van der Waals surface area contributed by atoms with Gasteiger partial charge in [0.25, 0.3) is 0 Å². The quantitative estimate of drug-likeness (QED) is 0.524. The van der Waals surface area contributed by atoms with Crippen LogP contribution in [0, 0.1) is 5.82 Å². The number of benzene rings is 2. The number of hydrogen-bond acceptors (Lipinski definition) is 3. The first kappa shape index (κ1) is 19.8. The first-order chi connectivity index (χ1) is 14.5. The number of rotatable bonds is 3. The van der Waals surface area contributed by atoms with Gasteiger partial charge in [-0.3, -0.25) is 4.79 Å². The van der Waals surface area contributed by atoms with Gasteiger partial charge in [0.2, 0.25) is 5.91 Å². The Morgan fingerprint density at radius 1 is 1.10 bits per heavy atom. The molecule has 0 saturated heterocycles. The Morgan fingerprint density at radius 3 is 2.48 bits per heavy atom. The minimum Gasteiger partial charge on any atom is -0.395 e. The normalized spacial score (nSPS) is 18.3. The van der Waals surface area contributed by atoms with E-state index in [0.29, 0.717) is 23.9 Å². The standard InChI is InChI=1S/C23H21F3N2O3.2H2/c1-21(2,3)19-9-12-8-16(14(24)11-15(12)27-19)28-20(29)22(6-7-22)13-4-5-17-18(10-13)31-23(25,26)30-17;;/h4-5,8-11,27H,6-7H2,1-3H3,(H,28,29);2*1H. The maximum atomic E-state index is 14.7. The predicted octanol–water partition coefficient (Wildman–Crippen LogP) is 6.09. The average molecular weight is 434 g/mol. The number of nitrogens with one attached hydrogen (secondary N) is 2.